The monoisotopic (exact) mass is 441 g/mol. The van der Waals surface area contributed by atoms with E-state index in [1.807, 2.05) is 30.4 Å². The second-order valence-electron chi connectivity index (χ2n) is 7.35. The predicted molar refractivity (Wildman–Crippen MR) is 125 cm³/mol. The maximum atomic E-state index is 10.9. The first kappa shape index (κ1) is 28.4. The van der Waals surface area contributed by atoms with E-state index in [0.717, 1.165) is 6.42 Å². The van der Waals surface area contributed by atoms with Gasteiger partial charge in [0.25, 0.3) is 0 Å². The summed E-state index contributed by atoms with van der Waals surface area (Å²) in [5.74, 6) is -1.81. The standard InChI is InChI=1S/C23H39NO5S/c1-2-3-4-5-6-7-8-9-10-11-12-13-16-21(30-18-19(24)23(28)29)20(25)15-14-17-22(26)27/h9-13,16,19-21,25H,2-8,14-15,17-18,24H2,1H3,(H,26,27)(H,28,29)/b10-9-,12-11+,16-13+/t19-,20-,21+/m0/s1. The summed E-state index contributed by atoms with van der Waals surface area (Å²) in [6.07, 6.45) is 20.2. The average Bonchev–Trinajstić information content (AvgIpc) is 2.70. The topological polar surface area (TPSA) is 121 Å². The molecule has 0 bridgehead atoms. The van der Waals surface area contributed by atoms with E-state index in [1.165, 1.54) is 50.3 Å². The molecular weight excluding hydrogens is 402 g/mol. The Morgan fingerprint density at radius 1 is 0.967 bits per heavy atom. The third-order valence-corrected chi connectivity index (χ3v) is 5.96. The molecule has 3 atom stereocenters. The van der Waals surface area contributed by atoms with Crippen LogP contribution in [0.15, 0.2) is 36.5 Å². The molecule has 0 aliphatic heterocycles. The highest BCUT2D eigenvalue weighted by Gasteiger charge is 2.20. The number of carboxylic acids is 2. The van der Waals surface area contributed by atoms with Gasteiger partial charge in [-0.3, -0.25) is 9.59 Å². The van der Waals surface area contributed by atoms with Crippen LogP contribution in [0.25, 0.3) is 0 Å². The average molecular weight is 442 g/mol. The zero-order valence-corrected chi connectivity index (χ0v) is 18.9. The molecule has 0 aliphatic rings. The Morgan fingerprint density at radius 3 is 2.30 bits per heavy atom. The Labute approximate surface area is 185 Å². The Morgan fingerprint density at radius 2 is 1.63 bits per heavy atom. The summed E-state index contributed by atoms with van der Waals surface area (Å²) in [6, 6.07) is -1.00. The normalized spacial score (nSPS) is 15.2. The fourth-order valence-corrected chi connectivity index (χ4v) is 3.86. The van der Waals surface area contributed by atoms with Crippen LogP contribution in [-0.2, 0) is 9.59 Å². The van der Waals surface area contributed by atoms with Crippen molar-refractivity contribution in [3.63, 3.8) is 0 Å². The van der Waals surface area contributed by atoms with Crippen molar-refractivity contribution in [3.8, 4) is 0 Å². The van der Waals surface area contributed by atoms with Crippen molar-refractivity contribution in [2.75, 3.05) is 5.75 Å². The van der Waals surface area contributed by atoms with Gasteiger partial charge >= 0.3 is 11.9 Å². The summed E-state index contributed by atoms with van der Waals surface area (Å²) in [5.41, 5.74) is 5.55. The first-order valence-corrected chi connectivity index (χ1v) is 11.9. The molecule has 0 fully saturated rings. The van der Waals surface area contributed by atoms with Crippen LogP contribution in [0.5, 0.6) is 0 Å². The SMILES string of the molecule is CCCCCCCC\C=C/C=C/C=C/[C@@H](SC[C@H](N)C(=O)O)[C@@H](O)CCCC(=O)O. The molecule has 0 saturated heterocycles. The van der Waals surface area contributed by atoms with Gasteiger partial charge in [-0.15, -0.1) is 11.8 Å². The van der Waals surface area contributed by atoms with E-state index in [0.29, 0.717) is 12.8 Å². The molecule has 0 rings (SSSR count). The predicted octanol–water partition coefficient (Wildman–Crippen LogP) is 4.54. The molecule has 0 aromatic rings. The Balaban J connectivity index is 4.41. The smallest absolute Gasteiger partial charge is 0.321 e. The lowest BCUT2D eigenvalue weighted by Crippen LogP contribution is -2.34. The van der Waals surface area contributed by atoms with Gasteiger partial charge in [-0.1, -0.05) is 75.5 Å². The van der Waals surface area contributed by atoms with Crippen molar-refractivity contribution in [1.82, 2.24) is 0 Å². The molecule has 5 N–H and O–H groups in total. The first-order chi connectivity index (χ1) is 14.4. The van der Waals surface area contributed by atoms with E-state index in [2.05, 4.69) is 13.0 Å². The lowest BCUT2D eigenvalue weighted by molar-refractivity contribution is -0.138. The molecule has 0 aliphatic carbocycles. The molecule has 0 amide bonds. The minimum absolute atomic E-state index is 0.00387. The lowest BCUT2D eigenvalue weighted by Gasteiger charge is -2.20. The van der Waals surface area contributed by atoms with Crippen LogP contribution in [0.4, 0.5) is 0 Å². The highest BCUT2D eigenvalue weighted by atomic mass is 32.2. The highest BCUT2D eigenvalue weighted by molar-refractivity contribution is 8.00. The summed E-state index contributed by atoms with van der Waals surface area (Å²) in [7, 11) is 0. The summed E-state index contributed by atoms with van der Waals surface area (Å²) in [4.78, 5) is 21.5. The van der Waals surface area contributed by atoms with Crippen molar-refractivity contribution in [3.05, 3.63) is 36.5 Å². The number of aliphatic carboxylic acids is 2. The molecule has 0 aromatic carbocycles. The van der Waals surface area contributed by atoms with Crippen molar-refractivity contribution < 1.29 is 24.9 Å². The van der Waals surface area contributed by atoms with Crippen LogP contribution in [0.1, 0.15) is 71.1 Å². The van der Waals surface area contributed by atoms with Crippen LogP contribution in [0.3, 0.4) is 0 Å². The van der Waals surface area contributed by atoms with Crippen LogP contribution < -0.4 is 5.73 Å². The van der Waals surface area contributed by atoms with Gasteiger partial charge in [0.2, 0.25) is 0 Å². The number of unbranched alkanes of at least 4 members (excludes halogenated alkanes) is 6. The van der Waals surface area contributed by atoms with Crippen molar-refractivity contribution >= 4 is 23.7 Å². The summed E-state index contributed by atoms with van der Waals surface area (Å²) in [5, 5.41) is 27.7. The molecule has 0 radical (unpaired) electrons. The van der Waals surface area contributed by atoms with Gasteiger partial charge in [0.15, 0.2) is 0 Å². The third-order valence-electron chi connectivity index (χ3n) is 4.55. The zero-order chi connectivity index (χ0) is 22.6. The van der Waals surface area contributed by atoms with E-state index in [1.54, 1.807) is 0 Å². The quantitative estimate of drug-likeness (QED) is 0.172. The number of allylic oxidation sites excluding steroid dienone is 5. The van der Waals surface area contributed by atoms with E-state index in [9.17, 15) is 14.7 Å². The summed E-state index contributed by atoms with van der Waals surface area (Å²) >= 11 is 1.27. The molecule has 172 valence electrons. The molecule has 0 heterocycles. The van der Waals surface area contributed by atoms with E-state index in [4.69, 9.17) is 15.9 Å². The first-order valence-electron chi connectivity index (χ1n) is 10.9. The number of aliphatic hydroxyl groups is 1. The van der Waals surface area contributed by atoms with Crippen molar-refractivity contribution in [2.45, 2.75) is 88.5 Å². The van der Waals surface area contributed by atoms with Gasteiger partial charge in [0.1, 0.15) is 6.04 Å². The van der Waals surface area contributed by atoms with Gasteiger partial charge in [0, 0.05) is 17.4 Å². The minimum Gasteiger partial charge on any atom is -0.481 e. The van der Waals surface area contributed by atoms with Crippen LogP contribution in [0, 0.1) is 0 Å². The van der Waals surface area contributed by atoms with Crippen LogP contribution in [0.2, 0.25) is 0 Å². The van der Waals surface area contributed by atoms with Gasteiger partial charge in [-0.05, 0) is 25.7 Å². The number of carbonyl (C=O) groups is 2. The number of hydrogen-bond acceptors (Lipinski definition) is 5. The second kappa shape index (κ2) is 19.4. The fraction of sp³-hybridized carbons (Fsp3) is 0.652. The van der Waals surface area contributed by atoms with Gasteiger partial charge in [-0.2, -0.15) is 0 Å². The molecule has 0 aromatic heterocycles. The minimum atomic E-state index is -1.08. The number of carboxylic acid groups (broad SMARTS) is 2. The number of hydrogen-bond donors (Lipinski definition) is 4. The maximum absolute atomic E-state index is 10.9. The fourth-order valence-electron chi connectivity index (χ4n) is 2.73. The summed E-state index contributed by atoms with van der Waals surface area (Å²) < 4.78 is 0. The Hall–Kier alpha value is -1.57. The number of aliphatic hydroxyl groups excluding tert-OH is 1. The van der Waals surface area contributed by atoms with E-state index >= 15 is 0 Å². The third kappa shape index (κ3) is 17.3. The van der Waals surface area contributed by atoms with Gasteiger partial charge < -0.3 is 21.1 Å². The largest absolute Gasteiger partial charge is 0.481 e. The van der Waals surface area contributed by atoms with Crippen LogP contribution >= 0.6 is 11.8 Å². The van der Waals surface area contributed by atoms with E-state index in [-0.39, 0.29) is 17.4 Å². The van der Waals surface area contributed by atoms with Crippen molar-refractivity contribution in [1.29, 1.82) is 0 Å². The maximum Gasteiger partial charge on any atom is 0.321 e. The molecule has 7 heteroatoms. The molecule has 0 unspecified atom stereocenters. The molecule has 0 saturated carbocycles. The molecule has 6 nitrogen and oxygen atoms in total. The number of thioether (sulfide) groups is 1. The Bertz CT molecular complexity index is 548. The van der Waals surface area contributed by atoms with Crippen LogP contribution in [-0.4, -0.2) is 50.4 Å². The highest BCUT2D eigenvalue weighted by Crippen LogP contribution is 2.21. The second-order valence-corrected chi connectivity index (χ2v) is 8.56. The van der Waals surface area contributed by atoms with E-state index < -0.39 is 24.1 Å². The van der Waals surface area contributed by atoms with Gasteiger partial charge in [-0.25, -0.2) is 0 Å². The van der Waals surface area contributed by atoms with Crippen molar-refractivity contribution in [2.24, 2.45) is 5.73 Å². The molecule has 0 spiro atoms. The van der Waals surface area contributed by atoms with Gasteiger partial charge in [0.05, 0.1) is 6.10 Å². The number of nitrogens with two attached hydrogens (primary N) is 1. The molecular formula is C23H39NO5S. The zero-order valence-electron chi connectivity index (χ0n) is 18.1. The Kier molecular flexibility index (Phi) is 18.4. The molecule has 30 heavy (non-hydrogen) atoms. The lowest BCUT2D eigenvalue weighted by atomic mass is 10.1. The number of rotatable bonds is 19. The summed E-state index contributed by atoms with van der Waals surface area (Å²) in [6.45, 7) is 2.22.